The second kappa shape index (κ2) is 19.0. The highest BCUT2D eigenvalue weighted by atomic mass is 32.2. The van der Waals surface area contributed by atoms with Gasteiger partial charge in [0, 0.05) is 65.2 Å². The quantitative estimate of drug-likeness (QED) is 0.117. The first kappa shape index (κ1) is 48.0. The summed E-state index contributed by atoms with van der Waals surface area (Å²) in [6.07, 6.45) is 0. The first-order valence-electron chi connectivity index (χ1n) is 29.4. The van der Waals surface area contributed by atoms with E-state index in [9.17, 15) is 0 Å². The van der Waals surface area contributed by atoms with Crippen LogP contribution in [0.1, 0.15) is 0 Å². The van der Waals surface area contributed by atoms with Crippen LogP contribution in [-0.4, -0.2) is 15.8 Å². The van der Waals surface area contributed by atoms with Crippen molar-refractivity contribution in [2.75, 3.05) is 4.90 Å². The zero-order valence-corrected chi connectivity index (χ0v) is 47.0. The molecule has 85 heavy (non-hydrogen) atoms. The van der Waals surface area contributed by atoms with E-state index in [4.69, 9.17) is 0 Å². The van der Waals surface area contributed by atoms with Crippen LogP contribution in [-0.2, 0) is 0 Å². The fourth-order valence-corrected chi connectivity index (χ4v) is 15.9. The normalized spacial score (nSPS) is 12.6. The smallest absolute Gasteiger partial charge is 0.249 e. The Morgan fingerprint density at radius 2 is 0.682 bits per heavy atom. The minimum absolute atomic E-state index is 0.0982. The van der Waals surface area contributed by atoms with Crippen molar-refractivity contribution in [1.82, 2.24) is 9.13 Å². The van der Waals surface area contributed by atoms with Gasteiger partial charge in [-0.05, 0) is 120 Å². The number of aromatic nitrogens is 2. The van der Waals surface area contributed by atoms with Crippen molar-refractivity contribution in [3.05, 3.63) is 303 Å². The number of hydrogen-bond acceptors (Lipinski definition) is 2. The van der Waals surface area contributed by atoms with Crippen LogP contribution in [0.5, 0.6) is 0 Å². The molecule has 394 valence electrons. The molecule has 0 bridgehead atoms. The molecule has 2 aliphatic rings. The summed E-state index contributed by atoms with van der Waals surface area (Å²) in [7, 11) is 0. The van der Waals surface area contributed by atoms with E-state index in [2.05, 4.69) is 317 Å². The summed E-state index contributed by atoms with van der Waals surface area (Å²) in [5.74, 6) is 0. The van der Waals surface area contributed by atoms with Crippen molar-refractivity contribution >= 4 is 117 Å². The Bertz CT molecular complexity index is 5190. The van der Waals surface area contributed by atoms with Crippen molar-refractivity contribution in [1.29, 1.82) is 0 Å². The van der Waals surface area contributed by atoms with Crippen molar-refractivity contribution < 1.29 is 0 Å². The predicted molar refractivity (Wildman–Crippen MR) is 362 cm³/mol. The molecule has 0 atom stereocenters. The topological polar surface area (TPSA) is 13.1 Å². The lowest BCUT2D eigenvalue weighted by Gasteiger charge is -2.42. The summed E-state index contributed by atoms with van der Waals surface area (Å²) in [5.41, 5.74) is 23.9. The van der Waals surface area contributed by atoms with Crippen LogP contribution in [0, 0.1) is 0 Å². The van der Waals surface area contributed by atoms with E-state index >= 15 is 0 Å². The van der Waals surface area contributed by atoms with Crippen molar-refractivity contribution in [2.24, 2.45) is 0 Å². The average molecular weight is 1100 g/mol. The van der Waals surface area contributed by atoms with Crippen molar-refractivity contribution in [3.63, 3.8) is 0 Å². The molecule has 0 amide bonds. The molecular formula is C80H50BN3S. The SMILES string of the molecule is c1ccc(-c2cccc(-c3ccccc3)c2N2c3cc(-c4c5ccccc5c(-c5ccccc5)c5ccccc45)ccc3B3c4ccc(-n5c6ccccc6c6ccccc65)cc4Sc4cc(-n5c6ccccc6c6ccccc65)cc2c43)cc1. The highest BCUT2D eigenvalue weighted by Crippen LogP contribution is 2.52. The van der Waals surface area contributed by atoms with Gasteiger partial charge in [0.25, 0.3) is 0 Å². The van der Waals surface area contributed by atoms with E-state index in [1.165, 1.54) is 119 Å². The van der Waals surface area contributed by atoms with Gasteiger partial charge >= 0.3 is 0 Å². The minimum Gasteiger partial charge on any atom is -0.310 e. The molecule has 14 aromatic carbocycles. The summed E-state index contributed by atoms with van der Waals surface area (Å²) >= 11 is 1.92. The number of anilines is 3. The second-order valence-corrected chi connectivity index (χ2v) is 23.7. The first-order valence-corrected chi connectivity index (χ1v) is 30.2. The van der Waals surface area contributed by atoms with Crippen LogP contribution in [0.25, 0.3) is 121 Å². The van der Waals surface area contributed by atoms with Gasteiger partial charge in [0.05, 0.1) is 27.8 Å². The molecule has 0 fully saturated rings. The van der Waals surface area contributed by atoms with Gasteiger partial charge in [0.15, 0.2) is 0 Å². The molecule has 4 heterocycles. The lowest BCUT2D eigenvalue weighted by Crippen LogP contribution is -2.60. The zero-order chi connectivity index (χ0) is 55.7. The maximum absolute atomic E-state index is 2.68. The third-order valence-corrected chi connectivity index (χ3v) is 19.3. The van der Waals surface area contributed by atoms with Gasteiger partial charge in [0.2, 0.25) is 6.71 Å². The first-order chi connectivity index (χ1) is 42.2. The summed E-state index contributed by atoms with van der Waals surface area (Å²) in [6, 6.07) is 113. The number of hydrogen-bond donors (Lipinski definition) is 0. The van der Waals surface area contributed by atoms with E-state index < -0.39 is 0 Å². The van der Waals surface area contributed by atoms with Crippen LogP contribution in [0.2, 0.25) is 0 Å². The molecule has 0 unspecified atom stereocenters. The molecule has 0 spiro atoms. The predicted octanol–water partition coefficient (Wildman–Crippen LogP) is 19.6. The molecule has 2 aromatic heterocycles. The van der Waals surface area contributed by atoms with Crippen LogP contribution in [0.15, 0.2) is 313 Å². The molecule has 16 aromatic rings. The molecule has 0 saturated carbocycles. The van der Waals surface area contributed by atoms with Gasteiger partial charge in [-0.2, -0.15) is 0 Å². The maximum atomic E-state index is 2.68. The van der Waals surface area contributed by atoms with Crippen LogP contribution in [0.3, 0.4) is 0 Å². The van der Waals surface area contributed by atoms with Crippen LogP contribution >= 0.6 is 11.8 Å². The zero-order valence-electron chi connectivity index (χ0n) is 46.2. The van der Waals surface area contributed by atoms with Crippen molar-refractivity contribution in [2.45, 2.75) is 9.79 Å². The highest BCUT2D eigenvalue weighted by molar-refractivity contribution is 8.00. The molecular weight excluding hydrogens is 1050 g/mol. The fraction of sp³-hybridized carbons (Fsp3) is 0. The van der Waals surface area contributed by atoms with Gasteiger partial charge in [-0.25, -0.2) is 0 Å². The lowest BCUT2D eigenvalue weighted by atomic mass is 9.34. The number of nitrogens with zero attached hydrogens (tertiary/aromatic N) is 3. The van der Waals surface area contributed by atoms with E-state index in [0.717, 1.165) is 45.0 Å². The highest BCUT2D eigenvalue weighted by Gasteiger charge is 2.43. The molecule has 3 nitrogen and oxygen atoms in total. The molecule has 0 radical (unpaired) electrons. The van der Waals surface area contributed by atoms with Gasteiger partial charge in [-0.3, -0.25) is 0 Å². The Labute approximate surface area is 497 Å². The van der Waals surface area contributed by atoms with E-state index in [0.29, 0.717) is 0 Å². The number of para-hydroxylation sites is 5. The van der Waals surface area contributed by atoms with E-state index in [1.54, 1.807) is 0 Å². The van der Waals surface area contributed by atoms with Gasteiger partial charge in [0.1, 0.15) is 0 Å². The molecule has 5 heteroatoms. The Morgan fingerprint density at radius 3 is 1.19 bits per heavy atom. The Hall–Kier alpha value is -10.6. The Kier molecular flexibility index (Phi) is 10.7. The summed E-state index contributed by atoms with van der Waals surface area (Å²) in [5, 5.41) is 9.92. The largest absolute Gasteiger partial charge is 0.310 e. The molecule has 18 rings (SSSR count). The number of fused-ring (bicyclic) bond motifs is 12. The molecule has 2 aliphatic heterocycles. The number of benzene rings is 14. The van der Waals surface area contributed by atoms with E-state index in [1.807, 2.05) is 11.8 Å². The summed E-state index contributed by atoms with van der Waals surface area (Å²) in [6.45, 7) is -0.0982. The second-order valence-electron chi connectivity index (χ2n) is 22.6. The summed E-state index contributed by atoms with van der Waals surface area (Å²) in [4.78, 5) is 5.18. The van der Waals surface area contributed by atoms with Gasteiger partial charge in [-0.1, -0.05) is 266 Å². The third kappa shape index (κ3) is 7.24. The monoisotopic (exact) mass is 1100 g/mol. The lowest BCUT2D eigenvalue weighted by molar-refractivity contribution is 1.15. The fourth-order valence-electron chi connectivity index (χ4n) is 14.6. The molecule has 0 aliphatic carbocycles. The summed E-state index contributed by atoms with van der Waals surface area (Å²) < 4.78 is 4.98. The van der Waals surface area contributed by atoms with E-state index in [-0.39, 0.29) is 6.71 Å². The molecule has 0 saturated heterocycles. The third-order valence-electron chi connectivity index (χ3n) is 18.1. The molecule has 0 N–H and O–H groups in total. The average Bonchev–Trinajstić information content (AvgIpc) is 1.29. The van der Waals surface area contributed by atoms with Gasteiger partial charge < -0.3 is 14.0 Å². The number of rotatable bonds is 7. The Balaban J connectivity index is 0.976. The Morgan fingerprint density at radius 1 is 0.271 bits per heavy atom. The maximum Gasteiger partial charge on any atom is 0.249 e. The van der Waals surface area contributed by atoms with Crippen LogP contribution < -0.4 is 21.3 Å². The van der Waals surface area contributed by atoms with Crippen molar-refractivity contribution in [3.8, 4) is 55.9 Å². The minimum atomic E-state index is -0.0982. The van der Waals surface area contributed by atoms with Crippen LogP contribution in [0.4, 0.5) is 17.1 Å². The van der Waals surface area contributed by atoms with Gasteiger partial charge in [-0.15, -0.1) is 0 Å². The standard InChI is InChI=1S/C80H50BN3S/c1-4-23-51(24-5-1)57-37-22-38-58(52-25-6-2-7-26-52)80(57)84-73-47-54(78-65-35-12-10-33-63(65)77(53-27-8-3-9-28-53)64-34-11-13-36-66(64)78)43-45-67(73)81-68-46-44-55(82-69-39-18-14-29-59(69)60-30-15-19-40-70(60)82)49-75(68)85-76-50-56(48-74(84)79(76)81)83-71-41-20-16-31-61(71)62-32-17-21-42-72(62)83/h1-50H.